The summed E-state index contributed by atoms with van der Waals surface area (Å²) in [6, 6.07) is 6.33. The highest BCUT2D eigenvalue weighted by Gasteiger charge is 2.12. The van der Waals surface area contributed by atoms with E-state index in [-0.39, 0.29) is 5.82 Å². The van der Waals surface area contributed by atoms with Crippen LogP contribution in [-0.2, 0) is 6.54 Å². The van der Waals surface area contributed by atoms with E-state index in [0.717, 1.165) is 29.2 Å². The first-order valence-corrected chi connectivity index (χ1v) is 5.23. The fourth-order valence-corrected chi connectivity index (χ4v) is 1.87. The molecule has 0 aliphatic rings. The summed E-state index contributed by atoms with van der Waals surface area (Å²) in [7, 11) is 0. The normalized spacial score (nSPS) is 10.8. The van der Waals surface area contributed by atoms with Crippen molar-refractivity contribution in [2.45, 2.75) is 20.4 Å². The van der Waals surface area contributed by atoms with Crippen LogP contribution in [0, 0.1) is 19.7 Å². The number of hydrogen-bond donors (Lipinski definition) is 1. The van der Waals surface area contributed by atoms with E-state index in [2.05, 4.69) is 10.8 Å². The summed E-state index contributed by atoms with van der Waals surface area (Å²) < 4.78 is 14.6. The molecule has 0 saturated carbocycles. The lowest BCUT2D eigenvalue weighted by Crippen LogP contribution is -2.47. The van der Waals surface area contributed by atoms with Crippen molar-refractivity contribution < 1.29 is 10.1 Å². The molecule has 0 saturated heterocycles. The van der Waals surface area contributed by atoms with Crippen molar-refractivity contribution in [3.05, 3.63) is 47.0 Å². The highest BCUT2D eigenvalue weighted by molar-refractivity contribution is 5.36. The maximum absolute atomic E-state index is 12.8. The second-order valence-electron chi connectivity index (χ2n) is 3.79. The van der Waals surface area contributed by atoms with E-state index in [1.54, 1.807) is 12.1 Å². The van der Waals surface area contributed by atoms with Gasteiger partial charge in [-0.15, -0.1) is 0 Å². The molecule has 0 unspecified atom stereocenters. The zero-order valence-corrected chi connectivity index (χ0v) is 9.50. The Bertz CT molecular complexity index is 500. The Kier molecular flexibility index (Phi) is 2.75. The first-order chi connectivity index (χ1) is 7.63. The average molecular weight is 220 g/mol. The Morgan fingerprint density at radius 1 is 1.25 bits per heavy atom. The van der Waals surface area contributed by atoms with Crippen LogP contribution in [0.4, 0.5) is 4.39 Å². The second kappa shape index (κ2) is 4.06. The topological polar surface area (TPSA) is 45.5 Å². The number of halogens is 1. The fourth-order valence-electron chi connectivity index (χ4n) is 1.87. The average Bonchev–Trinajstić information content (AvgIpc) is 2.55. The Morgan fingerprint density at radius 3 is 2.38 bits per heavy atom. The van der Waals surface area contributed by atoms with Crippen molar-refractivity contribution in [3.63, 3.8) is 0 Å². The fraction of sp³-hybridized carbons (Fsp3) is 0.250. The molecule has 0 spiro atoms. The van der Waals surface area contributed by atoms with Crippen LogP contribution in [0.15, 0.2) is 24.3 Å². The van der Waals surface area contributed by atoms with E-state index in [9.17, 15) is 4.39 Å². The maximum atomic E-state index is 12.8. The minimum Gasteiger partial charge on any atom is -0.354 e. The highest BCUT2D eigenvalue weighted by atomic mass is 19.1. The third-order valence-corrected chi connectivity index (χ3v) is 2.76. The van der Waals surface area contributed by atoms with E-state index in [4.69, 9.17) is 0 Å². The van der Waals surface area contributed by atoms with E-state index < -0.39 is 0 Å². The van der Waals surface area contributed by atoms with Gasteiger partial charge in [0.25, 0.3) is 0 Å². The number of quaternary nitrogens is 1. The van der Waals surface area contributed by atoms with Crippen molar-refractivity contribution in [2.75, 3.05) is 0 Å². The molecule has 1 heterocycles. The number of nitrogens with zero attached hydrogens (tertiary/aromatic N) is 2. The molecule has 3 N–H and O–H groups in total. The Labute approximate surface area is 93.7 Å². The van der Waals surface area contributed by atoms with E-state index in [1.165, 1.54) is 12.1 Å². The maximum Gasteiger partial charge on any atom is 0.123 e. The molecule has 0 radical (unpaired) electrons. The Hall–Kier alpha value is -1.68. The molecule has 1 aromatic heterocycles. The second-order valence-corrected chi connectivity index (χ2v) is 3.79. The van der Waals surface area contributed by atoms with Gasteiger partial charge in [0.05, 0.1) is 22.6 Å². The molecule has 0 bridgehead atoms. The lowest BCUT2D eigenvalue weighted by Gasteiger charge is -2.04. The van der Waals surface area contributed by atoms with Gasteiger partial charge >= 0.3 is 0 Å². The molecule has 0 aliphatic heterocycles. The molecular formula is C12H15FN3+. The molecule has 2 rings (SSSR count). The van der Waals surface area contributed by atoms with E-state index >= 15 is 0 Å². The number of benzene rings is 1. The molecule has 4 heteroatoms. The van der Waals surface area contributed by atoms with Gasteiger partial charge < -0.3 is 5.73 Å². The summed E-state index contributed by atoms with van der Waals surface area (Å²) in [6.07, 6.45) is 0. The molecule has 1 aromatic carbocycles. The van der Waals surface area contributed by atoms with Crippen molar-refractivity contribution in [2.24, 2.45) is 0 Å². The van der Waals surface area contributed by atoms with Crippen molar-refractivity contribution in [1.82, 2.24) is 9.78 Å². The first kappa shape index (κ1) is 10.8. The lowest BCUT2D eigenvalue weighted by atomic mass is 10.2. The molecule has 0 fully saturated rings. The van der Waals surface area contributed by atoms with Crippen molar-refractivity contribution in [1.29, 1.82) is 0 Å². The predicted octanol–water partition coefficient (Wildman–Crippen LogP) is 1.37. The van der Waals surface area contributed by atoms with Gasteiger partial charge in [0.1, 0.15) is 12.4 Å². The number of aryl methyl sites for hydroxylation is 1. The van der Waals surface area contributed by atoms with Gasteiger partial charge in [-0.3, -0.25) is 0 Å². The molecular weight excluding hydrogens is 205 g/mol. The summed E-state index contributed by atoms with van der Waals surface area (Å²) in [5, 5.41) is 4.44. The lowest BCUT2D eigenvalue weighted by molar-refractivity contribution is -0.386. The first-order valence-electron chi connectivity index (χ1n) is 5.23. The van der Waals surface area contributed by atoms with Gasteiger partial charge in [-0.05, 0) is 38.1 Å². The number of rotatable bonds is 2. The summed E-state index contributed by atoms with van der Waals surface area (Å²) in [5.41, 5.74) is 7.97. The molecule has 84 valence electrons. The minimum atomic E-state index is -0.234. The van der Waals surface area contributed by atoms with Crippen LogP contribution in [0.1, 0.15) is 17.0 Å². The summed E-state index contributed by atoms with van der Waals surface area (Å²) in [5.74, 6) is -0.234. The van der Waals surface area contributed by atoms with Crippen LogP contribution >= 0.6 is 0 Å². The van der Waals surface area contributed by atoms with Crippen LogP contribution < -0.4 is 5.73 Å². The van der Waals surface area contributed by atoms with Crippen LogP contribution in [0.25, 0.3) is 5.69 Å². The predicted molar refractivity (Wildman–Crippen MR) is 59.6 cm³/mol. The molecule has 0 amide bonds. The Morgan fingerprint density at radius 2 is 1.88 bits per heavy atom. The highest BCUT2D eigenvalue weighted by Crippen LogP contribution is 2.17. The smallest absolute Gasteiger partial charge is 0.123 e. The van der Waals surface area contributed by atoms with Gasteiger partial charge in [0.2, 0.25) is 0 Å². The van der Waals surface area contributed by atoms with Crippen LogP contribution in [0.3, 0.4) is 0 Å². The summed E-state index contributed by atoms with van der Waals surface area (Å²) in [6.45, 7) is 4.69. The molecule has 16 heavy (non-hydrogen) atoms. The Balaban J connectivity index is 2.52. The molecule has 0 atom stereocenters. The van der Waals surface area contributed by atoms with E-state index in [1.807, 2.05) is 18.5 Å². The minimum absolute atomic E-state index is 0.234. The third-order valence-electron chi connectivity index (χ3n) is 2.76. The largest absolute Gasteiger partial charge is 0.354 e. The molecule has 0 aliphatic carbocycles. The van der Waals surface area contributed by atoms with Gasteiger partial charge in [0.15, 0.2) is 0 Å². The van der Waals surface area contributed by atoms with Gasteiger partial charge in [-0.25, -0.2) is 9.07 Å². The van der Waals surface area contributed by atoms with Crippen LogP contribution in [0.2, 0.25) is 0 Å². The number of aromatic nitrogens is 2. The van der Waals surface area contributed by atoms with Crippen LogP contribution in [-0.4, -0.2) is 9.78 Å². The van der Waals surface area contributed by atoms with Gasteiger partial charge in [0, 0.05) is 0 Å². The van der Waals surface area contributed by atoms with Gasteiger partial charge in [-0.2, -0.15) is 5.10 Å². The quantitative estimate of drug-likeness (QED) is 0.816. The summed E-state index contributed by atoms with van der Waals surface area (Å²) in [4.78, 5) is 0. The standard InChI is InChI=1S/C12H14FN3/c1-8-12(7-14)9(2)16(15-8)11-5-3-10(13)4-6-11/h3-6H,7,14H2,1-2H3/p+1. The number of hydrogen-bond acceptors (Lipinski definition) is 1. The summed E-state index contributed by atoms with van der Waals surface area (Å²) >= 11 is 0. The van der Waals surface area contributed by atoms with Crippen molar-refractivity contribution in [3.8, 4) is 5.69 Å². The van der Waals surface area contributed by atoms with E-state index in [0.29, 0.717) is 0 Å². The molecule has 2 aromatic rings. The van der Waals surface area contributed by atoms with Gasteiger partial charge in [-0.1, -0.05) is 0 Å². The molecule has 3 nitrogen and oxygen atoms in total. The monoisotopic (exact) mass is 220 g/mol. The van der Waals surface area contributed by atoms with Crippen LogP contribution in [0.5, 0.6) is 0 Å². The zero-order chi connectivity index (χ0) is 11.7. The zero-order valence-electron chi connectivity index (χ0n) is 9.50. The van der Waals surface area contributed by atoms with Crippen molar-refractivity contribution >= 4 is 0 Å². The third kappa shape index (κ3) is 1.72. The SMILES string of the molecule is Cc1nn(-c2ccc(F)cc2)c(C)c1C[NH3+].